The lowest BCUT2D eigenvalue weighted by Gasteiger charge is -2.28. The van der Waals surface area contributed by atoms with Gasteiger partial charge in [-0.25, -0.2) is 9.78 Å². The van der Waals surface area contributed by atoms with Crippen LogP contribution in [0, 0.1) is 12.3 Å². The molecule has 1 unspecified atom stereocenters. The van der Waals surface area contributed by atoms with E-state index in [9.17, 15) is 9.59 Å². The number of ether oxygens (including phenoxy) is 1. The van der Waals surface area contributed by atoms with Crippen molar-refractivity contribution in [3.63, 3.8) is 0 Å². The molecule has 3 aromatic rings. The largest absolute Gasteiger partial charge is 0.444 e. The Balaban J connectivity index is 1.89. The number of para-hydroxylation sites is 1. The Hall–Kier alpha value is -3.86. The Bertz CT molecular complexity index is 1220. The zero-order valence-electron chi connectivity index (χ0n) is 19.1. The van der Waals surface area contributed by atoms with Crippen LogP contribution in [0.25, 0.3) is 22.0 Å². The molecule has 2 amide bonds. The van der Waals surface area contributed by atoms with Crippen molar-refractivity contribution in [2.45, 2.75) is 39.3 Å². The molecule has 0 aliphatic rings. The third-order valence-corrected chi connectivity index (χ3v) is 4.94. The summed E-state index contributed by atoms with van der Waals surface area (Å²) in [5.41, 5.74) is 2.37. The van der Waals surface area contributed by atoms with Crippen LogP contribution in [0.5, 0.6) is 0 Å². The molecular formula is C24H27N5O3. The molecule has 1 aromatic carbocycles. The number of aromatic nitrogens is 3. The van der Waals surface area contributed by atoms with Crippen molar-refractivity contribution < 1.29 is 14.3 Å². The minimum atomic E-state index is -0.787. The number of rotatable bonds is 4. The summed E-state index contributed by atoms with van der Waals surface area (Å²) in [4.78, 5) is 30.7. The summed E-state index contributed by atoms with van der Waals surface area (Å²) in [6.45, 7) is 6.91. The maximum Gasteiger partial charge on any atom is 0.410 e. The molecule has 0 radical (unpaired) electrons. The van der Waals surface area contributed by atoms with Crippen LogP contribution >= 0.6 is 0 Å². The van der Waals surface area contributed by atoms with Gasteiger partial charge in [-0.3, -0.25) is 14.4 Å². The smallest absolute Gasteiger partial charge is 0.410 e. The maximum atomic E-state index is 12.8. The van der Waals surface area contributed by atoms with Crippen molar-refractivity contribution in [3.05, 3.63) is 42.2 Å². The van der Waals surface area contributed by atoms with E-state index in [1.807, 2.05) is 25.2 Å². The van der Waals surface area contributed by atoms with E-state index in [1.54, 1.807) is 50.7 Å². The van der Waals surface area contributed by atoms with Crippen LogP contribution in [-0.4, -0.2) is 50.4 Å². The van der Waals surface area contributed by atoms with Crippen molar-refractivity contribution in [2.24, 2.45) is 7.05 Å². The number of benzene rings is 1. The zero-order chi connectivity index (χ0) is 23.6. The average molecular weight is 434 g/mol. The Labute approximate surface area is 187 Å². The molecule has 0 saturated carbocycles. The third kappa shape index (κ3) is 4.89. The first-order valence-corrected chi connectivity index (χ1v) is 10.2. The predicted molar refractivity (Wildman–Crippen MR) is 124 cm³/mol. The monoisotopic (exact) mass is 433 g/mol. The molecular weight excluding hydrogens is 406 g/mol. The number of hydrogen-bond donors (Lipinski definition) is 1. The quantitative estimate of drug-likeness (QED) is 0.632. The second-order valence-corrected chi connectivity index (χ2v) is 8.54. The Morgan fingerprint density at radius 3 is 2.66 bits per heavy atom. The Morgan fingerprint density at radius 2 is 2.00 bits per heavy atom. The van der Waals surface area contributed by atoms with Gasteiger partial charge in [-0.15, -0.1) is 6.42 Å². The van der Waals surface area contributed by atoms with Gasteiger partial charge in [-0.1, -0.05) is 24.1 Å². The highest BCUT2D eigenvalue weighted by molar-refractivity contribution is 5.98. The summed E-state index contributed by atoms with van der Waals surface area (Å²) >= 11 is 0. The second kappa shape index (κ2) is 8.71. The third-order valence-electron chi connectivity index (χ3n) is 4.94. The highest BCUT2D eigenvalue weighted by Gasteiger charge is 2.27. The molecule has 0 bridgehead atoms. The molecule has 0 spiro atoms. The van der Waals surface area contributed by atoms with Gasteiger partial charge >= 0.3 is 6.09 Å². The highest BCUT2D eigenvalue weighted by atomic mass is 16.6. The molecule has 166 valence electrons. The lowest BCUT2D eigenvalue weighted by molar-refractivity contribution is -0.120. The van der Waals surface area contributed by atoms with E-state index in [2.05, 4.69) is 21.3 Å². The summed E-state index contributed by atoms with van der Waals surface area (Å²) < 4.78 is 7.12. The van der Waals surface area contributed by atoms with Crippen LogP contribution in [0.1, 0.15) is 33.4 Å². The number of hydrogen-bond acceptors (Lipinski definition) is 5. The molecule has 0 aliphatic carbocycles. The van der Waals surface area contributed by atoms with E-state index in [1.165, 1.54) is 11.9 Å². The van der Waals surface area contributed by atoms with Crippen molar-refractivity contribution in [3.8, 4) is 23.5 Å². The molecule has 3 rings (SSSR count). The van der Waals surface area contributed by atoms with E-state index in [-0.39, 0.29) is 0 Å². The molecule has 8 nitrogen and oxygen atoms in total. The van der Waals surface area contributed by atoms with E-state index >= 15 is 0 Å². The van der Waals surface area contributed by atoms with Crippen molar-refractivity contribution in [1.82, 2.24) is 19.7 Å². The number of pyridine rings is 1. The van der Waals surface area contributed by atoms with Crippen LogP contribution in [0.4, 0.5) is 10.6 Å². The van der Waals surface area contributed by atoms with E-state index < -0.39 is 23.6 Å². The number of amides is 2. The van der Waals surface area contributed by atoms with Gasteiger partial charge in [0.25, 0.3) is 0 Å². The summed E-state index contributed by atoms with van der Waals surface area (Å²) in [5, 5.41) is 8.07. The van der Waals surface area contributed by atoms with Crippen molar-refractivity contribution >= 4 is 28.7 Å². The van der Waals surface area contributed by atoms with Gasteiger partial charge in [0.05, 0.1) is 11.7 Å². The van der Waals surface area contributed by atoms with Crippen molar-refractivity contribution in [1.29, 1.82) is 0 Å². The first-order chi connectivity index (χ1) is 15.0. The Kier molecular flexibility index (Phi) is 6.21. The van der Waals surface area contributed by atoms with Crippen molar-refractivity contribution in [2.75, 3.05) is 12.4 Å². The Morgan fingerprint density at radius 1 is 1.28 bits per heavy atom. The number of nitrogens with zero attached hydrogens (tertiary/aromatic N) is 4. The SMILES string of the molecule is C#Cc1cc(-c2cccc3cnn(C)c23)cc(NC(=O)C(C)N(C)C(=O)OC(C)(C)C)n1. The van der Waals surface area contributed by atoms with E-state index in [4.69, 9.17) is 11.2 Å². The summed E-state index contributed by atoms with van der Waals surface area (Å²) in [6.07, 6.45) is 6.82. The topological polar surface area (TPSA) is 89.4 Å². The lowest BCUT2D eigenvalue weighted by Crippen LogP contribution is -2.45. The highest BCUT2D eigenvalue weighted by Crippen LogP contribution is 2.30. The fraction of sp³-hybridized carbons (Fsp3) is 0.333. The minimum absolute atomic E-state index is 0.295. The number of fused-ring (bicyclic) bond motifs is 1. The fourth-order valence-electron chi connectivity index (χ4n) is 3.19. The number of likely N-dealkylation sites (N-methyl/N-ethyl adjacent to an activating group) is 1. The average Bonchev–Trinajstić information content (AvgIpc) is 3.12. The molecule has 2 aromatic heterocycles. The standard InChI is InChI=1S/C24H27N5O3/c1-8-18-12-17(19-11-9-10-16-14-25-29(7)21(16)19)13-20(26-18)27-22(30)15(2)28(6)23(31)32-24(3,4)5/h1,9-15H,2-7H3,(H,26,27,30). The minimum Gasteiger partial charge on any atom is -0.444 e. The predicted octanol–water partition coefficient (Wildman–Crippen LogP) is 3.81. The first-order valence-electron chi connectivity index (χ1n) is 10.2. The summed E-state index contributed by atoms with van der Waals surface area (Å²) in [5.74, 6) is 2.42. The number of nitrogens with one attached hydrogen (secondary N) is 1. The molecule has 32 heavy (non-hydrogen) atoms. The second-order valence-electron chi connectivity index (χ2n) is 8.54. The van der Waals surface area contributed by atoms with Gasteiger partial charge in [0.15, 0.2) is 0 Å². The van der Waals surface area contributed by atoms with E-state index in [0.717, 1.165) is 22.0 Å². The van der Waals surface area contributed by atoms with E-state index in [0.29, 0.717) is 11.5 Å². The summed E-state index contributed by atoms with van der Waals surface area (Å²) in [7, 11) is 3.38. The molecule has 1 atom stereocenters. The van der Waals surface area contributed by atoms with Gasteiger partial charge in [0.2, 0.25) is 5.91 Å². The number of carbonyl (C=O) groups is 2. The van der Waals surface area contributed by atoms with Crippen LogP contribution in [0.15, 0.2) is 36.5 Å². The number of terminal acetylenes is 1. The molecule has 0 fully saturated rings. The van der Waals surface area contributed by atoms with Crippen LogP contribution < -0.4 is 5.32 Å². The molecule has 0 aliphatic heterocycles. The van der Waals surface area contributed by atoms with Crippen LogP contribution in [0.2, 0.25) is 0 Å². The normalized spacial score (nSPS) is 12.2. The fourth-order valence-corrected chi connectivity index (χ4v) is 3.19. The maximum absolute atomic E-state index is 12.8. The molecule has 1 N–H and O–H groups in total. The van der Waals surface area contributed by atoms with Gasteiger partial charge in [-0.05, 0) is 45.4 Å². The summed E-state index contributed by atoms with van der Waals surface area (Å²) in [6, 6.07) is 8.63. The number of carbonyl (C=O) groups excluding carboxylic acids is 2. The number of aryl methyl sites for hydroxylation is 1. The van der Waals surface area contributed by atoms with Gasteiger partial charge < -0.3 is 10.1 Å². The first kappa shape index (κ1) is 22.8. The van der Waals surface area contributed by atoms with Crippen LogP contribution in [-0.2, 0) is 16.6 Å². The lowest BCUT2D eigenvalue weighted by atomic mass is 10.0. The molecule has 0 saturated heterocycles. The van der Waals surface area contributed by atoms with Gasteiger partial charge in [0.1, 0.15) is 23.2 Å². The van der Waals surface area contributed by atoms with Gasteiger partial charge in [0, 0.05) is 25.0 Å². The zero-order valence-corrected chi connectivity index (χ0v) is 19.1. The number of anilines is 1. The molecule has 2 heterocycles. The molecule has 8 heteroatoms. The van der Waals surface area contributed by atoms with Crippen LogP contribution in [0.3, 0.4) is 0 Å². The van der Waals surface area contributed by atoms with Gasteiger partial charge in [-0.2, -0.15) is 5.10 Å².